The predicted octanol–water partition coefficient (Wildman–Crippen LogP) is 0.597. The van der Waals surface area contributed by atoms with Gasteiger partial charge in [-0.15, -0.1) is 0 Å². The molecule has 1 unspecified atom stereocenters. The summed E-state index contributed by atoms with van der Waals surface area (Å²) in [7, 11) is 1.73. The molecule has 2 heterocycles. The molecule has 6 nitrogen and oxygen atoms in total. The van der Waals surface area contributed by atoms with Gasteiger partial charge in [0.15, 0.2) is 0 Å². The van der Waals surface area contributed by atoms with Crippen molar-refractivity contribution in [3.63, 3.8) is 0 Å². The van der Waals surface area contributed by atoms with E-state index in [1.807, 2.05) is 0 Å². The van der Waals surface area contributed by atoms with Crippen molar-refractivity contribution in [2.45, 2.75) is 38.3 Å². The van der Waals surface area contributed by atoms with E-state index in [9.17, 15) is 4.79 Å². The molecule has 2 aliphatic rings. The van der Waals surface area contributed by atoms with Crippen LogP contribution in [0.15, 0.2) is 17.1 Å². The summed E-state index contributed by atoms with van der Waals surface area (Å²) < 4.78 is 6.95. The molecule has 6 heteroatoms. The quantitative estimate of drug-likeness (QED) is 0.831. The van der Waals surface area contributed by atoms with Crippen molar-refractivity contribution >= 4 is 5.69 Å². The molecule has 1 atom stereocenters. The lowest BCUT2D eigenvalue weighted by Gasteiger charge is -2.19. The molecule has 0 bridgehead atoms. The molecule has 116 valence electrons. The standard InChI is InChI=1S/C15H24N4O2/c1-21-13-2-7-18(10-13)12-8-14(20)19(17-9-12)11-15(3-4-15)5-6-16/h8-9,13H,2-7,10-11,16H2,1H3. The maximum absolute atomic E-state index is 12.3. The Balaban J connectivity index is 1.70. The highest BCUT2D eigenvalue weighted by Crippen LogP contribution is 2.49. The van der Waals surface area contributed by atoms with Crippen LogP contribution in [0.1, 0.15) is 25.7 Å². The maximum atomic E-state index is 12.3. The van der Waals surface area contributed by atoms with Crippen LogP contribution in [0.25, 0.3) is 0 Å². The summed E-state index contributed by atoms with van der Waals surface area (Å²) in [6.07, 6.45) is 6.34. The molecular weight excluding hydrogens is 268 g/mol. The fourth-order valence-corrected chi connectivity index (χ4v) is 3.16. The van der Waals surface area contributed by atoms with E-state index in [0.717, 1.165) is 44.5 Å². The van der Waals surface area contributed by atoms with Crippen molar-refractivity contribution in [3.8, 4) is 0 Å². The number of hydrogen-bond acceptors (Lipinski definition) is 5. The highest BCUT2D eigenvalue weighted by molar-refractivity contribution is 5.44. The maximum Gasteiger partial charge on any atom is 0.268 e. The number of methoxy groups -OCH3 is 1. The lowest BCUT2D eigenvalue weighted by Crippen LogP contribution is -2.30. The van der Waals surface area contributed by atoms with E-state index in [1.54, 1.807) is 24.1 Å². The number of anilines is 1. The summed E-state index contributed by atoms with van der Waals surface area (Å²) in [4.78, 5) is 14.4. The Bertz CT molecular complexity index is 553. The minimum atomic E-state index is -0.0170. The van der Waals surface area contributed by atoms with Crippen LogP contribution >= 0.6 is 0 Å². The zero-order valence-electron chi connectivity index (χ0n) is 12.6. The number of ether oxygens (including phenoxy) is 1. The molecule has 1 aromatic heterocycles. The molecule has 3 rings (SSSR count). The third-order valence-electron chi connectivity index (χ3n) is 4.82. The van der Waals surface area contributed by atoms with Gasteiger partial charge in [-0.2, -0.15) is 5.10 Å². The monoisotopic (exact) mass is 292 g/mol. The van der Waals surface area contributed by atoms with Crippen LogP contribution in [0, 0.1) is 5.41 Å². The van der Waals surface area contributed by atoms with E-state index in [0.29, 0.717) is 13.1 Å². The van der Waals surface area contributed by atoms with E-state index in [-0.39, 0.29) is 17.1 Å². The van der Waals surface area contributed by atoms with E-state index >= 15 is 0 Å². The molecule has 21 heavy (non-hydrogen) atoms. The van der Waals surface area contributed by atoms with Crippen LogP contribution in [0.2, 0.25) is 0 Å². The number of nitrogens with two attached hydrogens (primary N) is 1. The first-order chi connectivity index (χ1) is 10.2. The minimum Gasteiger partial charge on any atom is -0.380 e. The van der Waals surface area contributed by atoms with Gasteiger partial charge in [-0.05, 0) is 37.6 Å². The van der Waals surface area contributed by atoms with E-state index in [2.05, 4.69) is 10.00 Å². The second-order valence-corrected chi connectivity index (χ2v) is 6.34. The normalized spacial score (nSPS) is 23.5. The van der Waals surface area contributed by atoms with Gasteiger partial charge in [0.2, 0.25) is 0 Å². The Kier molecular flexibility index (Phi) is 3.99. The highest BCUT2D eigenvalue weighted by atomic mass is 16.5. The minimum absolute atomic E-state index is 0.0170. The first-order valence-corrected chi connectivity index (χ1v) is 7.71. The van der Waals surface area contributed by atoms with Gasteiger partial charge in [-0.25, -0.2) is 4.68 Å². The molecule has 0 radical (unpaired) electrons. The zero-order chi connectivity index (χ0) is 14.9. The second-order valence-electron chi connectivity index (χ2n) is 6.34. The van der Waals surface area contributed by atoms with Crippen LogP contribution < -0.4 is 16.2 Å². The highest BCUT2D eigenvalue weighted by Gasteiger charge is 2.42. The van der Waals surface area contributed by atoms with E-state index < -0.39 is 0 Å². The average Bonchev–Trinajstić information content (AvgIpc) is 3.06. The van der Waals surface area contributed by atoms with Gasteiger partial charge < -0.3 is 15.4 Å². The predicted molar refractivity (Wildman–Crippen MR) is 81.5 cm³/mol. The molecule has 0 amide bonds. The zero-order valence-corrected chi connectivity index (χ0v) is 12.6. The molecule has 0 spiro atoms. The molecular formula is C15H24N4O2. The van der Waals surface area contributed by atoms with Crippen molar-refractivity contribution in [3.05, 3.63) is 22.6 Å². The molecule has 2 fully saturated rings. The summed E-state index contributed by atoms with van der Waals surface area (Å²) >= 11 is 0. The molecule has 1 aromatic rings. The van der Waals surface area contributed by atoms with E-state index in [1.165, 1.54) is 0 Å². The lowest BCUT2D eigenvalue weighted by atomic mass is 10.0. The van der Waals surface area contributed by atoms with Crippen molar-refractivity contribution in [1.29, 1.82) is 0 Å². The average molecular weight is 292 g/mol. The molecule has 0 aromatic carbocycles. The summed E-state index contributed by atoms with van der Waals surface area (Å²) in [6, 6.07) is 1.70. The van der Waals surface area contributed by atoms with Gasteiger partial charge in [-0.1, -0.05) is 0 Å². The van der Waals surface area contributed by atoms with Crippen molar-refractivity contribution < 1.29 is 4.74 Å². The lowest BCUT2D eigenvalue weighted by molar-refractivity contribution is 0.121. The van der Waals surface area contributed by atoms with Gasteiger partial charge in [0.05, 0.1) is 24.5 Å². The topological polar surface area (TPSA) is 73.4 Å². The summed E-state index contributed by atoms with van der Waals surface area (Å²) in [5, 5.41) is 4.36. The molecule has 1 aliphatic carbocycles. The Labute approximate surface area is 124 Å². The van der Waals surface area contributed by atoms with Crippen LogP contribution in [-0.2, 0) is 11.3 Å². The fourth-order valence-electron chi connectivity index (χ4n) is 3.16. The first-order valence-electron chi connectivity index (χ1n) is 7.71. The largest absolute Gasteiger partial charge is 0.380 e. The Morgan fingerprint density at radius 2 is 2.33 bits per heavy atom. The SMILES string of the molecule is COC1CCN(c2cnn(CC3(CCN)CC3)c(=O)c2)C1. The van der Waals surface area contributed by atoms with Crippen molar-refractivity contribution in [2.75, 3.05) is 31.6 Å². The van der Waals surface area contributed by atoms with Gasteiger partial charge >= 0.3 is 0 Å². The smallest absolute Gasteiger partial charge is 0.268 e. The molecule has 1 saturated carbocycles. The summed E-state index contributed by atoms with van der Waals surface area (Å²) in [5.74, 6) is 0. The third-order valence-corrected chi connectivity index (χ3v) is 4.82. The molecule has 2 N–H and O–H groups in total. The van der Waals surface area contributed by atoms with Crippen LogP contribution in [0.3, 0.4) is 0 Å². The number of aromatic nitrogens is 2. The number of rotatable bonds is 6. The Morgan fingerprint density at radius 1 is 1.52 bits per heavy atom. The number of hydrogen-bond donors (Lipinski definition) is 1. The first kappa shape index (κ1) is 14.5. The van der Waals surface area contributed by atoms with Gasteiger partial charge in [0.25, 0.3) is 5.56 Å². The van der Waals surface area contributed by atoms with Crippen molar-refractivity contribution in [2.24, 2.45) is 11.1 Å². The van der Waals surface area contributed by atoms with Crippen LogP contribution in [0.4, 0.5) is 5.69 Å². The van der Waals surface area contributed by atoms with Gasteiger partial charge in [0.1, 0.15) is 0 Å². The van der Waals surface area contributed by atoms with Gasteiger partial charge in [0, 0.05) is 26.3 Å². The molecule has 1 aliphatic heterocycles. The van der Waals surface area contributed by atoms with Crippen molar-refractivity contribution in [1.82, 2.24) is 9.78 Å². The summed E-state index contributed by atoms with van der Waals surface area (Å²) in [6.45, 7) is 3.13. The van der Waals surface area contributed by atoms with E-state index in [4.69, 9.17) is 10.5 Å². The number of nitrogens with zero attached hydrogens (tertiary/aromatic N) is 3. The fraction of sp³-hybridized carbons (Fsp3) is 0.733. The third kappa shape index (κ3) is 3.11. The second kappa shape index (κ2) is 5.77. The Morgan fingerprint density at radius 3 is 2.90 bits per heavy atom. The molecule has 1 saturated heterocycles. The van der Waals surface area contributed by atoms with Crippen LogP contribution in [0.5, 0.6) is 0 Å². The van der Waals surface area contributed by atoms with Gasteiger partial charge in [-0.3, -0.25) is 4.79 Å². The Hall–Kier alpha value is -1.40. The summed E-state index contributed by atoms with van der Waals surface area (Å²) in [5.41, 5.74) is 6.76. The van der Waals surface area contributed by atoms with Crippen LogP contribution in [-0.4, -0.2) is 42.6 Å².